The van der Waals surface area contributed by atoms with Crippen LogP contribution in [0, 0.1) is 29.0 Å². The van der Waals surface area contributed by atoms with Crippen molar-refractivity contribution in [3.63, 3.8) is 0 Å². The Morgan fingerprint density at radius 1 is 1.15 bits per heavy atom. The Hall–Kier alpha value is -3.73. The van der Waals surface area contributed by atoms with E-state index in [2.05, 4.69) is 23.6 Å². The Morgan fingerprint density at radius 2 is 1.87 bits per heavy atom. The molecule has 0 radical (unpaired) electrons. The van der Waals surface area contributed by atoms with Gasteiger partial charge in [0.15, 0.2) is 5.03 Å². The highest BCUT2D eigenvalue weighted by Crippen LogP contribution is 2.62. The Bertz CT molecular complexity index is 1530. The summed E-state index contributed by atoms with van der Waals surface area (Å²) in [5, 5.41) is -0.361. The van der Waals surface area contributed by atoms with Gasteiger partial charge in [-0.1, -0.05) is 33.8 Å². The zero-order chi connectivity index (χ0) is 28.1. The summed E-state index contributed by atoms with van der Waals surface area (Å²) in [4.78, 5) is 23.9. The minimum Gasteiger partial charge on any atom is -0.493 e. The predicted molar refractivity (Wildman–Crippen MR) is 146 cm³/mol. The summed E-state index contributed by atoms with van der Waals surface area (Å²) < 4.78 is 48.1. The van der Waals surface area contributed by atoms with Crippen molar-refractivity contribution in [2.24, 2.45) is 23.2 Å². The van der Waals surface area contributed by atoms with E-state index in [0.29, 0.717) is 54.4 Å². The zero-order valence-electron chi connectivity index (χ0n) is 22.3. The summed E-state index contributed by atoms with van der Waals surface area (Å²) in [6.07, 6.45) is 0. The highest BCUT2D eigenvalue weighted by Gasteiger charge is 2.62. The van der Waals surface area contributed by atoms with E-state index in [9.17, 15) is 17.6 Å². The quantitative estimate of drug-likeness (QED) is 0.427. The van der Waals surface area contributed by atoms with Gasteiger partial charge >= 0.3 is 0 Å². The number of fused-ring (bicyclic) bond motifs is 1. The number of hydrogen-bond donors (Lipinski definition) is 2. The number of aromatic nitrogens is 2. The highest BCUT2D eigenvalue weighted by molar-refractivity contribution is 7.90. The van der Waals surface area contributed by atoms with Gasteiger partial charge in [0, 0.05) is 24.7 Å². The molecule has 2 aliphatic rings. The molecule has 1 aliphatic heterocycles. The molecule has 2 aromatic heterocycles. The fourth-order valence-corrected chi connectivity index (χ4v) is 6.14. The summed E-state index contributed by atoms with van der Waals surface area (Å²) in [7, 11) is -4.28. The lowest BCUT2D eigenvalue weighted by molar-refractivity contribution is 0.0981. The van der Waals surface area contributed by atoms with Gasteiger partial charge < -0.3 is 15.4 Å². The van der Waals surface area contributed by atoms with Gasteiger partial charge in [0.2, 0.25) is 0 Å². The third-order valence-electron chi connectivity index (χ3n) is 7.54. The molecule has 11 heteroatoms. The number of pyridine rings is 2. The number of nitrogens with two attached hydrogens (primary N) is 1. The van der Waals surface area contributed by atoms with Crippen LogP contribution in [0.15, 0.2) is 53.6 Å². The minimum absolute atomic E-state index is 0.0165. The van der Waals surface area contributed by atoms with Crippen LogP contribution in [0.4, 0.5) is 16.0 Å². The molecule has 1 aromatic carbocycles. The number of piperidine rings is 1. The number of halogens is 1. The molecule has 3 N–H and O–H groups in total. The number of nitrogens with zero attached hydrogens (tertiary/aromatic N) is 3. The van der Waals surface area contributed by atoms with Gasteiger partial charge in [0.05, 0.1) is 17.9 Å². The van der Waals surface area contributed by atoms with E-state index in [4.69, 9.17) is 15.5 Å². The monoisotopic (exact) mass is 553 g/mol. The van der Waals surface area contributed by atoms with Crippen molar-refractivity contribution in [2.45, 2.75) is 32.7 Å². The molecule has 1 aliphatic carbocycles. The number of ether oxygens (including phenoxy) is 1. The number of benzene rings is 1. The molecular weight excluding hydrogens is 521 g/mol. The van der Waals surface area contributed by atoms with Crippen molar-refractivity contribution < 1.29 is 22.3 Å². The molecule has 9 nitrogen and oxygen atoms in total. The number of carbonyl (C=O) groups excluding carboxylic acids is 1. The summed E-state index contributed by atoms with van der Waals surface area (Å²) in [5.41, 5.74) is 6.87. The second-order valence-corrected chi connectivity index (χ2v) is 12.9. The van der Waals surface area contributed by atoms with E-state index in [0.717, 1.165) is 0 Å². The van der Waals surface area contributed by atoms with Crippen LogP contribution >= 0.6 is 0 Å². The van der Waals surface area contributed by atoms with Gasteiger partial charge in [0.25, 0.3) is 15.9 Å². The van der Waals surface area contributed by atoms with E-state index in [-0.39, 0.29) is 27.7 Å². The molecule has 2 unspecified atom stereocenters. The van der Waals surface area contributed by atoms with Crippen molar-refractivity contribution >= 4 is 27.6 Å². The van der Waals surface area contributed by atoms with E-state index in [1.165, 1.54) is 36.4 Å². The first-order chi connectivity index (χ1) is 18.3. The summed E-state index contributed by atoms with van der Waals surface area (Å²) in [5.74, 6) is 0.598. The zero-order valence-corrected chi connectivity index (χ0v) is 23.1. The number of nitrogens with one attached hydrogen (secondary N) is 1. The van der Waals surface area contributed by atoms with E-state index >= 15 is 0 Å². The van der Waals surface area contributed by atoms with Gasteiger partial charge in [-0.3, -0.25) is 4.79 Å². The van der Waals surface area contributed by atoms with Crippen molar-refractivity contribution in [1.82, 2.24) is 14.7 Å². The average Bonchev–Trinajstić information content (AvgIpc) is 3.19. The summed E-state index contributed by atoms with van der Waals surface area (Å²) >= 11 is 0. The molecule has 1 saturated heterocycles. The molecule has 5 rings (SSSR count). The van der Waals surface area contributed by atoms with Crippen LogP contribution < -0.4 is 20.1 Å². The number of nitrogen functional groups attached to an aromatic ring is 1. The first kappa shape index (κ1) is 26.9. The second kappa shape index (κ2) is 9.78. The predicted octanol–water partition coefficient (Wildman–Crippen LogP) is 4.11. The molecular formula is C28H32FN5O4S. The number of amides is 1. The normalized spacial score (nSPS) is 19.6. The molecule has 2 atom stereocenters. The molecule has 2 fully saturated rings. The molecule has 39 heavy (non-hydrogen) atoms. The van der Waals surface area contributed by atoms with Crippen molar-refractivity contribution in [3.05, 3.63) is 59.9 Å². The smallest absolute Gasteiger partial charge is 0.281 e. The molecule has 1 amide bonds. The summed E-state index contributed by atoms with van der Waals surface area (Å²) in [6.45, 7) is 10.2. The average molecular weight is 554 g/mol. The Morgan fingerprint density at radius 3 is 2.54 bits per heavy atom. The first-order valence-corrected chi connectivity index (χ1v) is 14.3. The fourth-order valence-electron chi connectivity index (χ4n) is 5.20. The maximum absolute atomic E-state index is 14.5. The number of anilines is 2. The van der Waals surface area contributed by atoms with E-state index < -0.39 is 21.7 Å². The van der Waals surface area contributed by atoms with Gasteiger partial charge in [-0.15, -0.1) is 0 Å². The van der Waals surface area contributed by atoms with Crippen molar-refractivity contribution in [3.8, 4) is 17.0 Å². The maximum atomic E-state index is 14.5. The van der Waals surface area contributed by atoms with Crippen LogP contribution in [-0.2, 0) is 10.0 Å². The fraction of sp³-hybridized carbons (Fsp3) is 0.393. The third-order valence-corrected chi connectivity index (χ3v) is 8.77. The van der Waals surface area contributed by atoms with Crippen LogP contribution in [0.1, 0.15) is 38.1 Å². The largest absolute Gasteiger partial charge is 0.493 e. The standard InChI is InChI=1S/C28H32FN5O4S/c1-16(2)15-38-19-11-17(10-18(29)12-19)23-9-8-20(26(31-23)34-13-21-22(14-34)28(21,3)4)27(35)33-39(36,37)25-7-5-6-24(30)32-25/h5-12,16,21-22H,13-15H2,1-4H3,(H2,30,32)(H,33,35). The maximum Gasteiger partial charge on any atom is 0.281 e. The topological polar surface area (TPSA) is 128 Å². The number of rotatable bonds is 8. The number of hydrogen-bond acceptors (Lipinski definition) is 8. The van der Waals surface area contributed by atoms with Gasteiger partial charge in [-0.25, -0.2) is 19.1 Å². The lowest BCUT2D eigenvalue weighted by atomic mass is 10.1. The van der Waals surface area contributed by atoms with Crippen molar-refractivity contribution in [2.75, 3.05) is 30.3 Å². The van der Waals surface area contributed by atoms with E-state index in [1.807, 2.05) is 18.7 Å². The summed E-state index contributed by atoms with van der Waals surface area (Å²) in [6, 6.07) is 11.6. The molecule has 1 saturated carbocycles. The molecule has 0 bridgehead atoms. The number of sulfonamides is 1. The SMILES string of the molecule is CC(C)COc1cc(F)cc(-c2ccc(C(=O)NS(=O)(=O)c3cccc(N)n3)c(N3CC4C(C3)C4(C)C)n2)c1. The Labute approximate surface area is 227 Å². The van der Waals surface area contributed by atoms with Crippen LogP contribution in [0.2, 0.25) is 0 Å². The lowest BCUT2D eigenvalue weighted by Crippen LogP contribution is -2.34. The van der Waals surface area contributed by atoms with Crippen LogP contribution in [0.5, 0.6) is 5.75 Å². The Kier molecular flexibility index (Phi) is 6.74. The molecule has 3 aromatic rings. The second-order valence-electron chi connectivity index (χ2n) is 11.2. The van der Waals surface area contributed by atoms with E-state index in [1.54, 1.807) is 12.1 Å². The molecule has 206 valence electrons. The lowest BCUT2D eigenvalue weighted by Gasteiger charge is -2.25. The van der Waals surface area contributed by atoms with Gasteiger partial charge in [0.1, 0.15) is 23.2 Å². The van der Waals surface area contributed by atoms with Crippen LogP contribution in [-0.4, -0.2) is 44.0 Å². The third kappa shape index (κ3) is 5.40. The van der Waals surface area contributed by atoms with Crippen molar-refractivity contribution in [1.29, 1.82) is 0 Å². The number of carbonyl (C=O) groups is 1. The van der Waals surface area contributed by atoms with Crippen LogP contribution in [0.25, 0.3) is 11.3 Å². The molecule has 0 spiro atoms. The molecule has 3 heterocycles. The Balaban J connectivity index is 1.49. The van der Waals surface area contributed by atoms with Gasteiger partial charge in [-0.2, -0.15) is 8.42 Å². The first-order valence-electron chi connectivity index (χ1n) is 12.8. The van der Waals surface area contributed by atoms with Gasteiger partial charge in [-0.05, 0) is 59.6 Å². The minimum atomic E-state index is -4.28. The van der Waals surface area contributed by atoms with Crippen LogP contribution in [0.3, 0.4) is 0 Å². The highest BCUT2D eigenvalue weighted by atomic mass is 32.2.